The average Bonchev–Trinajstić information content (AvgIpc) is 2.54. The topological polar surface area (TPSA) is 79.5 Å². The highest BCUT2D eigenvalue weighted by atomic mass is 16.1. The SMILES string of the molecule is Cc1ccc(NC(N)=NCCNC(=O)c2ccccc2)cc1. The van der Waals surface area contributed by atoms with Crippen molar-refractivity contribution in [1.29, 1.82) is 0 Å². The lowest BCUT2D eigenvalue weighted by atomic mass is 10.2. The number of aryl methyl sites for hydroxylation is 1. The van der Waals surface area contributed by atoms with Crippen molar-refractivity contribution in [3.05, 3.63) is 65.7 Å². The second-order valence-corrected chi connectivity index (χ2v) is 4.88. The molecule has 0 atom stereocenters. The maximum absolute atomic E-state index is 11.8. The molecule has 5 heteroatoms. The van der Waals surface area contributed by atoms with Crippen LogP contribution in [0.4, 0.5) is 5.69 Å². The van der Waals surface area contributed by atoms with Crippen molar-refractivity contribution in [1.82, 2.24) is 5.32 Å². The first kappa shape index (κ1) is 15.6. The van der Waals surface area contributed by atoms with E-state index >= 15 is 0 Å². The number of carbonyl (C=O) groups excluding carboxylic acids is 1. The van der Waals surface area contributed by atoms with Crippen LogP contribution in [0.2, 0.25) is 0 Å². The van der Waals surface area contributed by atoms with Crippen LogP contribution in [0, 0.1) is 6.92 Å². The minimum atomic E-state index is -0.110. The summed E-state index contributed by atoms with van der Waals surface area (Å²) in [7, 11) is 0. The first-order valence-electron chi connectivity index (χ1n) is 7.12. The highest BCUT2D eigenvalue weighted by Crippen LogP contribution is 2.07. The fraction of sp³-hybridized carbons (Fsp3) is 0.176. The minimum absolute atomic E-state index is 0.110. The van der Waals surface area contributed by atoms with Crippen LogP contribution in [-0.4, -0.2) is 25.0 Å². The molecule has 2 aromatic rings. The first-order chi connectivity index (χ1) is 10.6. The van der Waals surface area contributed by atoms with E-state index < -0.39 is 0 Å². The Morgan fingerprint density at radius 1 is 1.09 bits per heavy atom. The number of nitrogens with zero attached hydrogens (tertiary/aromatic N) is 1. The normalized spacial score (nSPS) is 11.0. The van der Waals surface area contributed by atoms with Gasteiger partial charge in [0.15, 0.2) is 5.96 Å². The van der Waals surface area contributed by atoms with Crippen LogP contribution in [0.25, 0.3) is 0 Å². The van der Waals surface area contributed by atoms with Crippen molar-refractivity contribution in [2.45, 2.75) is 6.92 Å². The lowest BCUT2D eigenvalue weighted by molar-refractivity contribution is 0.0955. The number of hydrogen-bond acceptors (Lipinski definition) is 2. The number of anilines is 1. The molecule has 0 aliphatic heterocycles. The molecule has 2 rings (SSSR count). The molecule has 2 aromatic carbocycles. The summed E-state index contributed by atoms with van der Waals surface area (Å²) in [5.74, 6) is 0.221. The Bertz CT molecular complexity index is 635. The van der Waals surface area contributed by atoms with Crippen molar-refractivity contribution in [2.75, 3.05) is 18.4 Å². The fourth-order valence-electron chi connectivity index (χ4n) is 1.86. The third-order valence-electron chi connectivity index (χ3n) is 3.04. The zero-order valence-electron chi connectivity index (χ0n) is 12.5. The van der Waals surface area contributed by atoms with Gasteiger partial charge in [0.05, 0.1) is 6.54 Å². The van der Waals surface area contributed by atoms with E-state index in [0.29, 0.717) is 24.6 Å². The maximum atomic E-state index is 11.8. The lowest BCUT2D eigenvalue weighted by Crippen LogP contribution is -2.28. The molecular weight excluding hydrogens is 276 g/mol. The molecule has 114 valence electrons. The number of amides is 1. The van der Waals surface area contributed by atoms with Crippen molar-refractivity contribution >= 4 is 17.6 Å². The second kappa shape index (κ2) is 7.83. The zero-order chi connectivity index (χ0) is 15.8. The van der Waals surface area contributed by atoms with Gasteiger partial charge in [0.2, 0.25) is 0 Å². The molecule has 4 N–H and O–H groups in total. The summed E-state index contributed by atoms with van der Waals surface area (Å²) >= 11 is 0. The smallest absolute Gasteiger partial charge is 0.251 e. The van der Waals surface area contributed by atoms with Crippen LogP contribution in [0.15, 0.2) is 59.6 Å². The molecule has 0 bridgehead atoms. The predicted molar refractivity (Wildman–Crippen MR) is 90.1 cm³/mol. The predicted octanol–water partition coefficient (Wildman–Crippen LogP) is 2.15. The molecule has 0 spiro atoms. The van der Waals surface area contributed by atoms with E-state index in [1.807, 2.05) is 49.4 Å². The Morgan fingerprint density at radius 3 is 2.45 bits per heavy atom. The number of nitrogens with two attached hydrogens (primary N) is 1. The molecule has 0 saturated heterocycles. The van der Waals surface area contributed by atoms with Crippen molar-refractivity contribution in [3.8, 4) is 0 Å². The van der Waals surface area contributed by atoms with E-state index in [1.54, 1.807) is 12.1 Å². The summed E-state index contributed by atoms with van der Waals surface area (Å²) in [6.45, 7) is 2.88. The molecule has 5 nitrogen and oxygen atoms in total. The maximum Gasteiger partial charge on any atom is 0.251 e. The molecule has 0 heterocycles. The van der Waals surface area contributed by atoms with Crippen LogP contribution in [0.5, 0.6) is 0 Å². The molecule has 0 radical (unpaired) electrons. The summed E-state index contributed by atoms with van der Waals surface area (Å²) in [6, 6.07) is 16.9. The minimum Gasteiger partial charge on any atom is -0.370 e. The van der Waals surface area contributed by atoms with Gasteiger partial charge in [-0.2, -0.15) is 0 Å². The van der Waals surface area contributed by atoms with Gasteiger partial charge in [-0.3, -0.25) is 9.79 Å². The molecule has 0 saturated carbocycles. The standard InChI is InChI=1S/C17H20N4O/c1-13-7-9-15(10-8-13)21-17(18)20-12-11-19-16(22)14-5-3-2-4-6-14/h2-10H,11-12H2,1H3,(H,19,22)(H3,18,20,21). The quantitative estimate of drug-likeness (QED) is 0.449. The summed E-state index contributed by atoms with van der Waals surface area (Å²) in [6.07, 6.45) is 0. The highest BCUT2D eigenvalue weighted by Gasteiger charge is 2.02. The van der Waals surface area contributed by atoms with Crippen LogP contribution in [0.1, 0.15) is 15.9 Å². The number of guanidine groups is 1. The summed E-state index contributed by atoms with van der Waals surface area (Å²) in [4.78, 5) is 16.0. The van der Waals surface area contributed by atoms with E-state index in [2.05, 4.69) is 15.6 Å². The van der Waals surface area contributed by atoms with Crippen molar-refractivity contribution in [2.24, 2.45) is 10.7 Å². The van der Waals surface area contributed by atoms with Crippen LogP contribution in [0.3, 0.4) is 0 Å². The van der Waals surface area contributed by atoms with E-state index in [9.17, 15) is 4.79 Å². The van der Waals surface area contributed by atoms with Crippen LogP contribution < -0.4 is 16.4 Å². The highest BCUT2D eigenvalue weighted by molar-refractivity contribution is 5.94. The van der Waals surface area contributed by atoms with Gasteiger partial charge in [-0.1, -0.05) is 35.9 Å². The van der Waals surface area contributed by atoms with Crippen LogP contribution in [-0.2, 0) is 0 Å². The first-order valence-corrected chi connectivity index (χ1v) is 7.12. The van der Waals surface area contributed by atoms with Gasteiger partial charge in [-0.05, 0) is 31.2 Å². The molecule has 22 heavy (non-hydrogen) atoms. The van der Waals surface area contributed by atoms with Crippen molar-refractivity contribution < 1.29 is 4.79 Å². The van der Waals surface area contributed by atoms with Gasteiger partial charge in [-0.25, -0.2) is 0 Å². The fourth-order valence-corrected chi connectivity index (χ4v) is 1.86. The average molecular weight is 296 g/mol. The summed E-state index contributed by atoms with van der Waals surface area (Å²) < 4.78 is 0. The van der Waals surface area contributed by atoms with Gasteiger partial charge in [0.1, 0.15) is 0 Å². The Morgan fingerprint density at radius 2 is 1.77 bits per heavy atom. The van der Waals surface area contributed by atoms with Crippen molar-refractivity contribution in [3.63, 3.8) is 0 Å². The third kappa shape index (κ3) is 4.94. The summed E-state index contributed by atoms with van der Waals surface area (Å²) in [5.41, 5.74) is 8.51. The Balaban J connectivity index is 1.75. The van der Waals surface area contributed by atoms with E-state index in [1.165, 1.54) is 5.56 Å². The van der Waals surface area contributed by atoms with Gasteiger partial charge in [0.25, 0.3) is 5.91 Å². The van der Waals surface area contributed by atoms with Crippen LogP contribution >= 0.6 is 0 Å². The molecule has 0 aliphatic carbocycles. The van der Waals surface area contributed by atoms with Gasteiger partial charge >= 0.3 is 0 Å². The van der Waals surface area contributed by atoms with Gasteiger partial charge < -0.3 is 16.4 Å². The Hall–Kier alpha value is -2.82. The largest absolute Gasteiger partial charge is 0.370 e. The molecule has 1 amide bonds. The van der Waals surface area contributed by atoms with Gasteiger partial charge in [-0.15, -0.1) is 0 Å². The lowest BCUT2D eigenvalue weighted by Gasteiger charge is -2.06. The number of rotatable bonds is 5. The number of aliphatic imine (C=N–C) groups is 1. The Labute approximate surface area is 130 Å². The van der Waals surface area contributed by atoms with E-state index in [-0.39, 0.29) is 5.91 Å². The molecular formula is C17H20N4O. The molecule has 0 aromatic heterocycles. The van der Waals surface area contributed by atoms with E-state index in [0.717, 1.165) is 5.69 Å². The second-order valence-electron chi connectivity index (χ2n) is 4.88. The molecule has 0 fully saturated rings. The monoisotopic (exact) mass is 296 g/mol. The summed E-state index contributed by atoms with van der Waals surface area (Å²) in [5, 5.41) is 5.80. The molecule has 0 aliphatic rings. The number of nitrogens with one attached hydrogen (secondary N) is 2. The number of hydrogen-bond donors (Lipinski definition) is 3. The Kier molecular flexibility index (Phi) is 5.54. The van der Waals surface area contributed by atoms with Gasteiger partial charge in [0, 0.05) is 17.8 Å². The van der Waals surface area contributed by atoms with E-state index in [4.69, 9.17) is 5.73 Å². The molecule has 0 unspecified atom stereocenters. The number of benzene rings is 2. The third-order valence-corrected chi connectivity index (χ3v) is 3.04. The zero-order valence-corrected chi connectivity index (χ0v) is 12.5. The number of carbonyl (C=O) groups is 1.